The molecule has 5 heteroatoms. The zero-order valence-electron chi connectivity index (χ0n) is 19.7. The average molecular weight is 433 g/mol. The summed E-state index contributed by atoms with van der Waals surface area (Å²) in [5.74, 6) is 1.38. The molecule has 2 aliphatic carbocycles. The third-order valence-electron chi connectivity index (χ3n) is 7.54. The van der Waals surface area contributed by atoms with Crippen molar-refractivity contribution in [1.82, 2.24) is 10.2 Å². The molecule has 0 spiro atoms. The van der Waals surface area contributed by atoms with Crippen molar-refractivity contribution in [3.05, 3.63) is 23.8 Å². The van der Waals surface area contributed by atoms with Crippen LogP contribution >= 0.6 is 0 Å². The highest BCUT2D eigenvalue weighted by Crippen LogP contribution is 2.48. The van der Waals surface area contributed by atoms with Crippen LogP contribution < -0.4 is 5.32 Å². The van der Waals surface area contributed by atoms with E-state index in [9.17, 15) is 15.0 Å². The van der Waals surface area contributed by atoms with Gasteiger partial charge in [-0.1, -0.05) is 43.6 Å². The molecule has 1 amide bonds. The number of likely N-dealkylation sites (tertiary alicyclic amines) is 1. The Balaban J connectivity index is 1.39. The Kier molecular flexibility index (Phi) is 9.18. The van der Waals surface area contributed by atoms with Gasteiger partial charge in [0, 0.05) is 19.0 Å². The van der Waals surface area contributed by atoms with Crippen molar-refractivity contribution in [3.63, 3.8) is 0 Å². The summed E-state index contributed by atoms with van der Waals surface area (Å²) in [4.78, 5) is 14.3. The lowest BCUT2D eigenvalue weighted by atomic mass is 9.88. The van der Waals surface area contributed by atoms with Crippen molar-refractivity contribution in [1.29, 1.82) is 0 Å². The van der Waals surface area contributed by atoms with E-state index in [1.807, 2.05) is 11.8 Å². The largest absolute Gasteiger partial charge is 0.392 e. The standard InChI is InChI=1S/C26H44N2O3/c1-3-4-11-26(2,31)12-8-9-22-23-17-20(16-21(23)18-24(22)29)10-13-27-19-25(30)28-14-6-5-7-15-28/h8-9,16,21-24,27,29,31H,3-7,10-15,17-19H2,1-2H3/t21-,22+,23-,24+,26-/m0/s1. The molecule has 1 aliphatic heterocycles. The number of unbranched alkanes of at least 4 members (excludes halogenated alkanes) is 1. The maximum atomic E-state index is 12.3. The predicted octanol–water partition coefficient (Wildman–Crippen LogP) is 3.81. The summed E-state index contributed by atoms with van der Waals surface area (Å²) in [5.41, 5.74) is 0.819. The zero-order valence-corrected chi connectivity index (χ0v) is 19.7. The van der Waals surface area contributed by atoms with Crippen LogP contribution in [0.2, 0.25) is 0 Å². The van der Waals surface area contributed by atoms with Gasteiger partial charge in [0.2, 0.25) is 5.91 Å². The minimum atomic E-state index is -0.647. The van der Waals surface area contributed by atoms with Gasteiger partial charge in [0.15, 0.2) is 0 Å². The van der Waals surface area contributed by atoms with Crippen molar-refractivity contribution in [2.45, 2.75) is 89.8 Å². The Morgan fingerprint density at radius 1 is 1.32 bits per heavy atom. The Labute approximate surface area is 189 Å². The number of allylic oxidation sites excluding steroid dienone is 1. The van der Waals surface area contributed by atoms with Crippen LogP contribution in [0.4, 0.5) is 0 Å². The van der Waals surface area contributed by atoms with Gasteiger partial charge in [0.05, 0.1) is 18.2 Å². The molecule has 5 atom stereocenters. The van der Waals surface area contributed by atoms with Gasteiger partial charge in [-0.3, -0.25) is 4.79 Å². The smallest absolute Gasteiger partial charge is 0.236 e. The van der Waals surface area contributed by atoms with Crippen LogP contribution in [0.25, 0.3) is 0 Å². The fraction of sp³-hybridized carbons (Fsp3) is 0.808. The molecule has 2 fully saturated rings. The molecule has 31 heavy (non-hydrogen) atoms. The van der Waals surface area contributed by atoms with Crippen molar-refractivity contribution in [3.8, 4) is 0 Å². The third kappa shape index (κ3) is 7.16. The molecule has 1 saturated carbocycles. The van der Waals surface area contributed by atoms with E-state index in [1.165, 1.54) is 12.0 Å². The number of piperidine rings is 1. The molecule has 5 nitrogen and oxygen atoms in total. The highest BCUT2D eigenvalue weighted by Gasteiger charge is 2.43. The second-order valence-electron chi connectivity index (χ2n) is 10.3. The minimum absolute atomic E-state index is 0.189. The van der Waals surface area contributed by atoms with Crippen molar-refractivity contribution < 1.29 is 15.0 Å². The lowest BCUT2D eigenvalue weighted by Gasteiger charge is -2.26. The van der Waals surface area contributed by atoms with E-state index in [4.69, 9.17) is 0 Å². The number of carbonyl (C=O) groups is 1. The normalized spacial score (nSPS) is 30.5. The minimum Gasteiger partial charge on any atom is -0.392 e. The molecular weight excluding hydrogens is 388 g/mol. The van der Waals surface area contributed by atoms with Crippen LogP contribution in [-0.4, -0.2) is 58.9 Å². The Hall–Kier alpha value is -1.17. The van der Waals surface area contributed by atoms with Crippen molar-refractivity contribution in [2.75, 3.05) is 26.2 Å². The van der Waals surface area contributed by atoms with Crippen LogP contribution in [0.1, 0.15) is 78.1 Å². The van der Waals surface area contributed by atoms with Gasteiger partial charge in [-0.25, -0.2) is 0 Å². The molecule has 3 aliphatic rings. The second-order valence-corrected chi connectivity index (χ2v) is 10.3. The predicted molar refractivity (Wildman–Crippen MR) is 126 cm³/mol. The summed E-state index contributed by atoms with van der Waals surface area (Å²) in [7, 11) is 0. The first-order valence-corrected chi connectivity index (χ1v) is 12.6. The number of nitrogens with one attached hydrogen (secondary N) is 1. The van der Waals surface area contributed by atoms with Crippen molar-refractivity contribution in [2.24, 2.45) is 17.8 Å². The summed E-state index contributed by atoms with van der Waals surface area (Å²) in [6, 6.07) is 0. The van der Waals surface area contributed by atoms with Gasteiger partial charge < -0.3 is 20.4 Å². The Bertz CT molecular complexity index is 637. The monoisotopic (exact) mass is 432 g/mol. The molecule has 0 bridgehead atoms. The fourth-order valence-electron chi connectivity index (χ4n) is 5.63. The van der Waals surface area contributed by atoms with Crippen LogP contribution in [-0.2, 0) is 4.79 Å². The zero-order chi connectivity index (χ0) is 22.3. The van der Waals surface area contributed by atoms with Crippen LogP contribution in [0.5, 0.6) is 0 Å². The fourth-order valence-corrected chi connectivity index (χ4v) is 5.63. The molecular formula is C26H44N2O3. The average Bonchev–Trinajstić information content (AvgIpc) is 3.27. The van der Waals surface area contributed by atoms with Crippen LogP contribution in [0.15, 0.2) is 23.8 Å². The summed E-state index contributed by atoms with van der Waals surface area (Å²) < 4.78 is 0. The van der Waals surface area contributed by atoms with Crippen LogP contribution in [0, 0.1) is 17.8 Å². The molecule has 3 rings (SSSR count). The molecule has 0 aromatic heterocycles. The maximum absolute atomic E-state index is 12.3. The molecule has 3 N–H and O–H groups in total. The first-order chi connectivity index (χ1) is 14.9. The van der Waals surface area contributed by atoms with Crippen molar-refractivity contribution >= 4 is 5.91 Å². The molecule has 0 aromatic carbocycles. The summed E-state index contributed by atoms with van der Waals surface area (Å²) in [5, 5.41) is 24.4. The van der Waals surface area contributed by atoms with E-state index < -0.39 is 5.60 Å². The number of nitrogens with zero attached hydrogens (tertiary/aromatic N) is 1. The highest BCUT2D eigenvalue weighted by atomic mass is 16.3. The van der Waals surface area contributed by atoms with E-state index in [-0.39, 0.29) is 17.9 Å². The molecule has 0 radical (unpaired) electrons. The summed E-state index contributed by atoms with van der Waals surface area (Å²) >= 11 is 0. The van der Waals surface area contributed by atoms with Gasteiger partial charge >= 0.3 is 0 Å². The molecule has 1 heterocycles. The van der Waals surface area contributed by atoms with E-state index in [0.29, 0.717) is 24.8 Å². The number of carbonyl (C=O) groups excluding carboxylic acids is 1. The first-order valence-electron chi connectivity index (χ1n) is 12.6. The maximum Gasteiger partial charge on any atom is 0.236 e. The molecule has 0 aromatic rings. The van der Waals surface area contributed by atoms with Gasteiger partial charge in [-0.05, 0) is 76.7 Å². The quantitative estimate of drug-likeness (QED) is 0.343. The topological polar surface area (TPSA) is 72.8 Å². The third-order valence-corrected chi connectivity index (χ3v) is 7.54. The number of aliphatic hydroxyl groups is 2. The van der Waals surface area contributed by atoms with E-state index in [0.717, 1.165) is 71.0 Å². The lowest BCUT2D eigenvalue weighted by molar-refractivity contribution is -0.131. The molecule has 0 unspecified atom stereocenters. The molecule has 1 saturated heterocycles. The number of rotatable bonds is 11. The lowest BCUT2D eigenvalue weighted by Crippen LogP contribution is -2.41. The number of amides is 1. The second kappa shape index (κ2) is 11.6. The van der Waals surface area contributed by atoms with Gasteiger partial charge in [0.25, 0.3) is 0 Å². The highest BCUT2D eigenvalue weighted by molar-refractivity contribution is 5.78. The first kappa shape index (κ1) is 24.5. The van der Waals surface area contributed by atoms with Gasteiger partial charge in [0.1, 0.15) is 0 Å². The SMILES string of the molecule is CCCC[C@](C)(O)CC=C[C@@H]1[C@H]2CC(CCNCC(=O)N3CCCCC3)=C[C@H]2C[C@H]1O. The van der Waals surface area contributed by atoms with Gasteiger partial charge in [-0.2, -0.15) is 0 Å². The number of hydrogen-bond donors (Lipinski definition) is 3. The number of hydrogen-bond acceptors (Lipinski definition) is 4. The Morgan fingerprint density at radius 3 is 2.84 bits per heavy atom. The van der Waals surface area contributed by atoms with E-state index >= 15 is 0 Å². The number of aliphatic hydroxyl groups excluding tert-OH is 1. The van der Waals surface area contributed by atoms with Crippen LogP contribution in [0.3, 0.4) is 0 Å². The van der Waals surface area contributed by atoms with E-state index in [2.05, 4.69) is 30.5 Å². The molecule has 176 valence electrons. The Morgan fingerprint density at radius 2 is 2.10 bits per heavy atom. The number of fused-ring (bicyclic) bond motifs is 1. The van der Waals surface area contributed by atoms with Gasteiger partial charge in [-0.15, -0.1) is 0 Å². The summed E-state index contributed by atoms with van der Waals surface area (Å²) in [6.07, 6.45) is 16.4. The summed E-state index contributed by atoms with van der Waals surface area (Å²) in [6.45, 7) is 7.18. The van der Waals surface area contributed by atoms with E-state index in [1.54, 1.807) is 0 Å².